The smallest absolute Gasteiger partial charge is 0.303 e. The number of carbonyl (C=O) groups excluding carboxylic acids is 1. The number of aliphatic carboxylic acids is 2. The van der Waals surface area contributed by atoms with Gasteiger partial charge >= 0.3 is 11.9 Å². The van der Waals surface area contributed by atoms with Crippen LogP contribution >= 0.6 is 11.3 Å². The van der Waals surface area contributed by atoms with Crippen LogP contribution in [0.5, 0.6) is 11.5 Å². The quantitative estimate of drug-likeness (QED) is 0.328. The number of carboxylic acids is 2. The van der Waals surface area contributed by atoms with Crippen molar-refractivity contribution in [3.8, 4) is 11.5 Å². The van der Waals surface area contributed by atoms with E-state index in [0.29, 0.717) is 24.3 Å². The van der Waals surface area contributed by atoms with Gasteiger partial charge in [0.2, 0.25) is 5.91 Å². The third kappa shape index (κ3) is 10.4. The number of hydrogen-bond donors (Lipinski definition) is 4. The number of nitrogens with one attached hydrogen (secondary N) is 1. The van der Waals surface area contributed by atoms with Crippen LogP contribution < -0.4 is 10.1 Å². The number of rotatable bonds is 15. The normalized spacial score (nSPS) is 10.5. The number of hydrogen-bond acceptors (Lipinski definition) is 6. The Morgan fingerprint density at radius 1 is 0.889 bits per heavy atom. The largest absolute Gasteiger partial charge is 0.504 e. The number of carbonyl (C=O) groups is 3. The van der Waals surface area contributed by atoms with Crippen LogP contribution in [-0.4, -0.2) is 39.8 Å². The summed E-state index contributed by atoms with van der Waals surface area (Å²) in [5.74, 6) is -1.75. The van der Waals surface area contributed by atoms with Crippen molar-refractivity contribution < 1.29 is 34.4 Å². The van der Waals surface area contributed by atoms with Crippen molar-refractivity contribution in [1.82, 2.24) is 0 Å². The first-order valence-electron chi connectivity index (χ1n) is 9.07. The molecule has 1 aromatic rings. The monoisotopic (exact) mass is 401 g/mol. The maximum atomic E-state index is 12.0. The molecule has 1 rings (SSSR count). The summed E-state index contributed by atoms with van der Waals surface area (Å²) in [5.41, 5.74) is 0. The Balaban J connectivity index is 2.22. The van der Waals surface area contributed by atoms with E-state index in [1.54, 1.807) is 0 Å². The van der Waals surface area contributed by atoms with Crippen LogP contribution in [0.15, 0.2) is 5.38 Å². The molecule has 0 bridgehead atoms. The fourth-order valence-corrected chi connectivity index (χ4v) is 3.20. The van der Waals surface area contributed by atoms with Gasteiger partial charge in [0.15, 0.2) is 11.5 Å². The molecule has 1 heterocycles. The van der Waals surface area contributed by atoms with Gasteiger partial charge in [0, 0.05) is 24.6 Å². The highest BCUT2D eigenvalue weighted by Gasteiger charge is 2.15. The predicted octanol–water partition coefficient (Wildman–Crippen LogP) is 3.84. The Morgan fingerprint density at radius 3 is 2.07 bits per heavy atom. The zero-order valence-electron chi connectivity index (χ0n) is 15.2. The summed E-state index contributed by atoms with van der Waals surface area (Å²) in [7, 11) is 0. The van der Waals surface area contributed by atoms with Gasteiger partial charge in [0.05, 0.1) is 6.61 Å². The average Bonchev–Trinajstić information content (AvgIpc) is 2.93. The summed E-state index contributed by atoms with van der Waals surface area (Å²) in [6, 6.07) is 0. The molecule has 8 nitrogen and oxygen atoms in total. The molecule has 0 atom stereocenters. The van der Waals surface area contributed by atoms with E-state index in [4.69, 9.17) is 14.9 Å². The molecule has 152 valence electrons. The minimum atomic E-state index is -0.913. The molecule has 0 aliphatic carbocycles. The summed E-state index contributed by atoms with van der Waals surface area (Å²) >= 11 is 1.15. The lowest BCUT2D eigenvalue weighted by atomic mass is 10.1. The second-order valence-electron chi connectivity index (χ2n) is 6.19. The molecule has 0 fully saturated rings. The van der Waals surface area contributed by atoms with Crippen LogP contribution in [-0.2, 0) is 14.4 Å². The van der Waals surface area contributed by atoms with E-state index in [-0.39, 0.29) is 36.9 Å². The first-order valence-corrected chi connectivity index (χ1v) is 9.94. The second-order valence-corrected chi connectivity index (χ2v) is 7.07. The molecule has 0 aliphatic rings. The number of unbranched alkanes of at least 4 members (excludes halogenated alkanes) is 5. The number of amides is 1. The lowest BCUT2D eigenvalue weighted by Crippen LogP contribution is -2.11. The molecular formula is C18H27NO7S. The average molecular weight is 401 g/mol. The van der Waals surface area contributed by atoms with Crippen molar-refractivity contribution in [3.05, 3.63) is 5.38 Å². The van der Waals surface area contributed by atoms with Crippen molar-refractivity contribution in [2.24, 2.45) is 0 Å². The molecule has 0 aromatic carbocycles. The number of anilines is 1. The Bertz CT molecular complexity index is 615. The lowest BCUT2D eigenvalue weighted by Gasteiger charge is -2.08. The Morgan fingerprint density at radius 2 is 1.44 bits per heavy atom. The van der Waals surface area contributed by atoms with E-state index < -0.39 is 11.9 Å². The summed E-state index contributed by atoms with van der Waals surface area (Å²) in [5, 5.41) is 31.5. The van der Waals surface area contributed by atoms with Crippen molar-refractivity contribution in [2.75, 3.05) is 11.9 Å². The molecule has 0 radical (unpaired) electrons. The zero-order valence-corrected chi connectivity index (χ0v) is 16.1. The van der Waals surface area contributed by atoms with Gasteiger partial charge in [-0.3, -0.25) is 14.4 Å². The molecular weight excluding hydrogens is 374 g/mol. The molecule has 4 N–H and O–H groups in total. The van der Waals surface area contributed by atoms with Crippen molar-refractivity contribution in [1.29, 1.82) is 0 Å². The molecule has 1 amide bonds. The fraction of sp³-hybridized carbons (Fsp3) is 0.611. The van der Waals surface area contributed by atoms with Crippen molar-refractivity contribution >= 4 is 34.2 Å². The van der Waals surface area contributed by atoms with Crippen molar-refractivity contribution in [3.63, 3.8) is 0 Å². The number of ether oxygens (including phenoxy) is 1. The van der Waals surface area contributed by atoms with E-state index in [1.807, 2.05) is 0 Å². The molecule has 0 saturated carbocycles. The maximum Gasteiger partial charge on any atom is 0.303 e. The molecule has 27 heavy (non-hydrogen) atoms. The number of carboxylic acid groups (broad SMARTS) is 2. The van der Waals surface area contributed by atoms with Gasteiger partial charge in [-0.1, -0.05) is 25.7 Å². The van der Waals surface area contributed by atoms with Gasteiger partial charge in [-0.15, -0.1) is 11.3 Å². The van der Waals surface area contributed by atoms with Gasteiger partial charge < -0.3 is 25.4 Å². The molecule has 1 aromatic heterocycles. The third-order valence-corrected chi connectivity index (χ3v) is 4.67. The lowest BCUT2D eigenvalue weighted by molar-refractivity contribution is -0.138. The predicted molar refractivity (Wildman–Crippen MR) is 102 cm³/mol. The highest BCUT2D eigenvalue weighted by atomic mass is 32.1. The van der Waals surface area contributed by atoms with Crippen LogP contribution in [0, 0.1) is 0 Å². The standard InChI is InChI=1S/C18H27NO7S/c20-13-12-27-18(17(13)26-11-7-10-16(24)25)19-14(21)8-5-3-1-2-4-6-9-15(22)23/h12,20H,1-11H2,(H,19,21)(H,22,23)(H,24,25). The topological polar surface area (TPSA) is 133 Å². The van der Waals surface area contributed by atoms with E-state index in [1.165, 1.54) is 5.38 Å². The fourth-order valence-electron chi connectivity index (χ4n) is 2.42. The summed E-state index contributed by atoms with van der Waals surface area (Å²) in [4.78, 5) is 32.9. The zero-order chi connectivity index (χ0) is 20.1. The molecule has 0 saturated heterocycles. The van der Waals surface area contributed by atoms with Gasteiger partial charge in [0.25, 0.3) is 0 Å². The maximum absolute atomic E-state index is 12.0. The molecule has 0 aliphatic heterocycles. The highest BCUT2D eigenvalue weighted by molar-refractivity contribution is 7.15. The van der Waals surface area contributed by atoms with Gasteiger partial charge in [-0.2, -0.15) is 0 Å². The van der Waals surface area contributed by atoms with Crippen LogP contribution in [0.4, 0.5) is 5.00 Å². The first-order chi connectivity index (χ1) is 12.9. The van der Waals surface area contributed by atoms with Gasteiger partial charge in [-0.05, 0) is 19.3 Å². The Labute approximate surface area is 162 Å². The van der Waals surface area contributed by atoms with Crippen LogP contribution in [0.1, 0.15) is 64.2 Å². The minimum absolute atomic E-state index is 0.0249. The van der Waals surface area contributed by atoms with E-state index >= 15 is 0 Å². The van der Waals surface area contributed by atoms with E-state index in [9.17, 15) is 19.5 Å². The summed E-state index contributed by atoms with van der Waals surface area (Å²) in [6.45, 7) is 0.140. The second kappa shape index (κ2) is 13.0. The SMILES string of the molecule is O=C(O)CCCCCCCCC(=O)Nc1scc(O)c1OCCCC(=O)O. The first kappa shape index (κ1) is 22.8. The van der Waals surface area contributed by atoms with Gasteiger partial charge in [-0.25, -0.2) is 0 Å². The number of aromatic hydroxyl groups is 1. The van der Waals surface area contributed by atoms with Crippen molar-refractivity contribution in [2.45, 2.75) is 64.2 Å². The van der Waals surface area contributed by atoms with Gasteiger partial charge in [0.1, 0.15) is 5.00 Å². The Kier molecular flexibility index (Phi) is 10.9. The van der Waals surface area contributed by atoms with E-state index in [2.05, 4.69) is 5.32 Å². The van der Waals surface area contributed by atoms with Crippen LogP contribution in [0.3, 0.4) is 0 Å². The van der Waals surface area contributed by atoms with Crippen LogP contribution in [0.2, 0.25) is 0 Å². The number of thiophene rings is 1. The van der Waals surface area contributed by atoms with E-state index in [0.717, 1.165) is 43.4 Å². The highest BCUT2D eigenvalue weighted by Crippen LogP contribution is 2.41. The van der Waals surface area contributed by atoms with Crippen LogP contribution in [0.25, 0.3) is 0 Å². The molecule has 9 heteroatoms. The Hall–Kier alpha value is -2.29. The summed E-state index contributed by atoms with van der Waals surface area (Å²) in [6.07, 6.45) is 5.97. The minimum Gasteiger partial charge on any atom is -0.504 e. The third-order valence-electron chi connectivity index (χ3n) is 3.81. The summed E-state index contributed by atoms with van der Waals surface area (Å²) < 4.78 is 5.40. The molecule has 0 spiro atoms. The molecule has 0 unspecified atom stereocenters.